The zero-order valence-corrected chi connectivity index (χ0v) is 16.2. The van der Waals surface area contributed by atoms with Gasteiger partial charge in [0.1, 0.15) is 12.4 Å². The number of hydrogen-bond acceptors (Lipinski definition) is 3. The molecule has 0 aromatic heterocycles. The average Bonchev–Trinajstić information content (AvgIpc) is 2.74. The number of likely N-dealkylation sites (tertiary alicyclic amines) is 1. The van der Waals surface area contributed by atoms with Crippen LogP contribution >= 0.6 is 0 Å². The molecule has 1 N–H and O–H groups in total. The molecule has 2 aromatic carbocycles. The molecular weight excluding hydrogens is 354 g/mol. The number of nitrogens with one attached hydrogen (secondary N) is 1. The molecule has 0 spiro atoms. The number of amides is 3. The van der Waals surface area contributed by atoms with Crippen molar-refractivity contribution in [3.63, 3.8) is 0 Å². The lowest BCUT2D eigenvalue weighted by Crippen LogP contribution is -2.52. The molecule has 0 saturated carbocycles. The van der Waals surface area contributed by atoms with E-state index in [2.05, 4.69) is 5.32 Å². The molecule has 0 unspecified atom stereocenters. The lowest BCUT2D eigenvalue weighted by atomic mass is 10.0. The van der Waals surface area contributed by atoms with Gasteiger partial charge in [0.15, 0.2) is 0 Å². The Hall–Kier alpha value is -3.02. The van der Waals surface area contributed by atoms with Crippen molar-refractivity contribution in [1.82, 2.24) is 15.1 Å². The molecule has 3 amide bonds. The first kappa shape index (κ1) is 19.7. The minimum atomic E-state index is -0.143. The number of ether oxygens (including phenoxy) is 1. The number of carbonyl (C=O) groups excluding carboxylic acids is 2. The Morgan fingerprint density at radius 2 is 1.79 bits per heavy atom. The third-order valence-electron chi connectivity index (χ3n) is 4.84. The summed E-state index contributed by atoms with van der Waals surface area (Å²) < 4.78 is 5.64. The van der Waals surface area contributed by atoms with Gasteiger partial charge in [0, 0.05) is 31.7 Å². The average molecular weight is 381 g/mol. The van der Waals surface area contributed by atoms with E-state index in [0.717, 1.165) is 25.1 Å². The number of piperidine rings is 1. The van der Waals surface area contributed by atoms with E-state index in [1.807, 2.05) is 65.6 Å². The highest BCUT2D eigenvalue weighted by molar-refractivity contribution is 5.94. The van der Waals surface area contributed by atoms with Gasteiger partial charge in [-0.1, -0.05) is 36.4 Å². The van der Waals surface area contributed by atoms with E-state index in [1.165, 1.54) is 0 Å². The Balaban J connectivity index is 1.44. The largest absolute Gasteiger partial charge is 0.492 e. The number of rotatable bonds is 6. The maximum Gasteiger partial charge on any atom is 0.317 e. The standard InChI is InChI=1S/C22H27N3O3/c1-24(15-16-28-20-12-6-3-7-13-20)22(27)23-19-11-8-14-25(17-19)21(26)18-9-4-2-5-10-18/h2-7,9-10,12-13,19H,8,11,14-17H2,1H3,(H,23,27)/t19-/m0/s1. The zero-order valence-electron chi connectivity index (χ0n) is 16.2. The molecule has 148 valence electrons. The number of benzene rings is 2. The maximum absolute atomic E-state index is 12.6. The van der Waals surface area contributed by atoms with Crippen LogP contribution in [0.25, 0.3) is 0 Å². The van der Waals surface area contributed by atoms with Gasteiger partial charge in [-0.25, -0.2) is 4.79 Å². The molecule has 3 rings (SSSR count). The number of hydrogen-bond donors (Lipinski definition) is 1. The van der Waals surface area contributed by atoms with Crippen LogP contribution in [0.5, 0.6) is 5.75 Å². The third kappa shape index (κ3) is 5.49. The van der Waals surface area contributed by atoms with Gasteiger partial charge in [-0.05, 0) is 37.1 Å². The molecule has 1 aliphatic rings. The normalized spacial score (nSPS) is 16.3. The predicted octanol–water partition coefficient (Wildman–Crippen LogP) is 3.01. The predicted molar refractivity (Wildman–Crippen MR) is 108 cm³/mol. The Morgan fingerprint density at radius 3 is 2.50 bits per heavy atom. The molecule has 6 heteroatoms. The summed E-state index contributed by atoms with van der Waals surface area (Å²) in [7, 11) is 1.75. The third-order valence-corrected chi connectivity index (χ3v) is 4.84. The number of nitrogens with zero attached hydrogens (tertiary/aromatic N) is 2. The summed E-state index contributed by atoms with van der Waals surface area (Å²) in [5, 5.41) is 3.04. The molecule has 1 atom stereocenters. The zero-order chi connectivity index (χ0) is 19.8. The van der Waals surface area contributed by atoms with Crippen molar-refractivity contribution in [2.24, 2.45) is 0 Å². The minimum absolute atomic E-state index is 0.0177. The molecule has 1 aliphatic heterocycles. The van der Waals surface area contributed by atoms with Crippen LogP contribution < -0.4 is 10.1 Å². The van der Waals surface area contributed by atoms with Crippen molar-refractivity contribution in [2.75, 3.05) is 33.3 Å². The molecule has 1 fully saturated rings. The summed E-state index contributed by atoms with van der Waals surface area (Å²) in [5.74, 6) is 0.808. The Bertz CT molecular complexity index is 767. The van der Waals surface area contributed by atoms with E-state index in [1.54, 1.807) is 11.9 Å². The molecule has 0 aliphatic carbocycles. The lowest BCUT2D eigenvalue weighted by molar-refractivity contribution is 0.0694. The van der Waals surface area contributed by atoms with Crippen molar-refractivity contribution in [3.8, 4) is 5.75 Å². The summed E-state index contributed by atoms with van der Waals surface area (Å²) in [6.45, 7) is 2.17. The van der Waals surface area contributed by atoms with Crippen molar-refractivity contribution in [3.05, 3.63) is 66.2 Å². The van der Waals surface area contributed by atoms with Crippen LogP contribution in [-0.2, 0) is 0 Å². The van der Waals surface area contributed by atoms with Crippen LogP contribution in [0.3, 0.4) is 0 Å². The quantitative estimate of drug-likeness (QED) is 0.837. The minimum Gasteiger partial charge on any atom is -0.492 e. The monoisotopic (exact) mass is 381 g/mol. The SMILES string of the molecule is CN(CCOc1ccccc1)C(=O)N[C@H]1CCCN(C(=O)c2ccccc2)C1. The van der Waals surface area contributed by atoms with Crippen LogP contribution in [0, 0.1) is 0 Å². The Morgan fingerprint density at radius 1 is 1.11 bits per heavy atom. The molecule has 0 radical (unpaired) electrons. The van der Waals surface area contributed by atoms with Crippen LogP contribution in [-0.4, -0.2) is 61.1 Å². The van der Waals surface area contributed by atoms with Gasteiger partial charge in [0.2, 0.25) is 0 Å². The van der Waals surface area contributed by atoms with E-state index in [0.29, 0.717) is 25.3 Å². The van der Waals surface area contributed by atoms with Crippen molar-refractivity contribution in [1.29, 1.82) is 0 Å². The first-order valence-corrected chi connectivity index (χ1v) is 9.67. The second-order valence-electron chi connectivity index (χ2n) is 6.99. The van der Waals surface area contributed by atoms with E-state index in [9.17, 15) is 9.59 Å². The summed E-state index contributed by atoms with van der Waals surface area (Å²) >= 11 is 0. The van der Waals surface area contributed by atoms with Crippen LogP contribution in [0.15, 0.2) is 60.7 Å². The van der Waals surface area contributed by atoms with E-state index in [4.69, 9.17) is 4.74 Å². The lowest BCUT2D eigenvalue weighted by Gasteiger charge is -2.34. The maximum atomic E-state index is 12.6. The fraction of sp³-hybridized carbons (Fsp3) is 0.364. The first-order valence-electron chi connectivity index (χ1n) is 9.67. The molecular formula is C22H27N3O3. The number of likely N-dealkylation sites (N-methyl/N-ethyl adjacent to an activating group) is 1. The Labute approximate surface area is 166 Å². The van der Waals surface area contributed by atoms with Crippen molar-refractivity contribution in [2.45, 2.75) is 18.9 Å². The summed E-state index contributed by atoms with van der Waals surface area (Å²) in [6.07, 6.45) is 1.75. The topological polar surface area (TPSA) is 61.9 Å². The molecule has 0 bridgehead atoms. The molecule has 2 aromatic rings. The fourth-order valence-electron chi connectivity index (χ4n) is 3.25. The van der Waals surface area contributed by atoms with Crippen molar-refractivity contribution >= 4 is 11.9 Å². The van der Waals surface area contributed by atoms with E-state index < -0.39 is 0 Å². The summed E-state index contributed by atoms with van der Waals surface area (Å²) in [5.41, 5.74) is 0.685. The second kappa shape index (κ2) is 9.78. The van der Waals surface area contributed by atoms with Gasteiger partial charge < -0.3 is 19.9 Å². The number of carbonyl (C=O) groups is 2. The molecule has 1 saturated heterocycles. The fourth-order valence-corrected chi connectivity index (χ4v) is 3.25. The summed E-state index contributed by atoms with van der Waals surface area (Å²) in [6, 6.07) is 18.6. The van der Waals surface area contributed by atoms with Gasteiger partial charge in [0.05, 0.1) is 6.54 Å². The smallest absolute Gasteiger partial charge is 0.317 e. The summed E-state index contributed by atoms with van der Waals surface area (Å²) in [4.78, 5) is 28.5. The van der Waals surface area contributed by atoms with Gasteiger partial charge in [-0.2, -0.15) is 0 Å². The highest BCUT2D eigenvalue weighted by Gasteiger charge is 2.26. The van der Waals surface area contributed by atoms with E-state index in [-0.39, 0.29) is 18.0 Å². The van der Waals surface area contributed by atoms with Crippen molar-refractivity contribution < 1.29 is 14.3 Å². The van der Waals surface area contributed by atoms with Crippen LogP contribution in [0.2, 0.25) is 0 Å². The number of para-hydroxylation sites is 1. The number of urea groups is 1. The Kier molecular flexibility index (Phi) is 6.89. The van der Waals surface area contributed by atoms with E-state index >= 15 is 0 Å². The van der Waals surface area contributed by atoms with Gasteiger partial charge >= 0.3 is 6.03 Å². The molecule has 28 heavy (non-hydrogen) atoms. The molecule has 6 nitrogen and oxygen atoms in total. The second-order valence-corrected chi connectivity index (χ2v) is 6.99. The van der Waals surface area contributed by atoms with Gasteiger partial charge in [-0.15, -0.1) is 0 Å². The van der Waals surface area contributed by atoms with Gasteiger partial charge in [-0.3, -0.25) is 4.79 Å². The van der Waals surface area contributed by atoms with Crippen LogP contribution in [0.4, 0.5) is 4.79 Å². The highest BCUT2D eigenvalue weighted by Crippen LogP contribution is 2.14. The van der Waals surface area contributed by atoms with Crippen LogP contribution in [0.1, 0.15) is 23.2 Å². The first-order chi connectivity index (χ1) is 13.6. The highest BCUT2D eigenvalue weighted by atomic mass is 16.5. The van der Waals surface area contributed by atoms with Gasteiger partial charge in [0.25, 0.3) is 5.91 Å². The molecule has 1 heterocycles.